The Morgan fingerprint density at radius 3 is 1.68 bits per heavy atom. The molecule has 8 aliphatic rings. The standard InChI is InChI=1S/2C12H16BrN3O/c1-8-10(13)14-11-16(8)7-12(17-11)6-15-4-2-9(12)3-5-15;1-8-10(13)16-7-12(17-11(16)14-8)6-15-4-2-9(12)3-5-15/h2*9H,2-7H2,1H3. The zero-order valence-corrected chi connectivity index (χ0v) is 23.1. The first-order chi connectivity index (χ1) is 16.4. The summed E-state index contributed by atoms with van der Waals surface area (Å²) in [6.07, 6.45) is 5.12. The molecule has 2 aromatic heterocycles. The van der Waals surface area contributed by atoms with E-state index in [-0.39, 0.29) is 11.2 Å². The number of aromatic nitrogens is 4. The van der Waals surface area contributed by atoms with Gasteiger partial charge in [-0.05, 0) is 97.6 Å². The quantitative estimate of drug-likeness (QED) is 0.464. The monoisotopic (exact) mass is 594 g/mol. The predicted molar refractivity (Wildman–Crippen MR) is 134 cm³/mol. The summed E-state index contributed by atoms with van der Waals surface area (Å²) in [5, 5.41) is 0. The van der Waals surface area contributed by atoms with Gasteiger partial charge in [-0.15, -0.1) is 0 Å². The Kier molecular flexibility index (Phi) is 5.01. The Morgan fingerprint density at radius 1 is 0.735 bits per heavy atom. The SMILES string of the molecule is Cc1c(Br)nc2n1CC1(CN3CCC1CC3)O2.Cc1nc2n(c1Br)CC1(CN3CCC1CC3)O2. The zero-order valence-electron chi connectivity index (χ0n) is 19.9. The van der Waals surface area contributed by atoms with Gasteiger partial charge < -0.3 is 9.47 Å². The number of imidazole rings is 2. The molecule has 10 rings (SSSR count). The van der Waals surface area contributed by atoms with Crippen molar-refractivity contribution in [2.75, 3.05) is 39.3 Å². The topological polar surface area (TPSA) is 60.6 Å². The number of halogens is 2. The van der Waals surface area contributed by atoms with Crippen LogP contribution in [0.15, 0.2) is 9.21 Å². The van der Waals surface area contributed by atoms with Gasteiger partial charge in [0.2, 0.25) is 0 Å². The van der Waals surface area contributed by atoms with Gasteiger partial charge in [0.1, 0.15) is 20.4 Å². The second-order valence-electron chi connectivity index (χ2n) is 11.1. The Hall–Kier alpha value is -1.10. The van der Waals surface area contributed by atoms with E-state index in [9.17, 15) is 0 Å². The third-order valence-corrected chi connectivity index (χ3v) is 11.0. The lowest BCUT2D eigenvalue weighted by molar-refractivity contribution is -0.0837. The second kappa shape index (κ2) is 7.70. The molecule has 6 saturated heterocycles. The van der Waals surface area contributed by atoms with E-state index in [1.54, 1.807) is 0 Å². The molecule has 2 aromatic rings. The van der Waals surface area contributed by atoms with Crippen molar-refractivity contribution in [2.24, 2.45) is 11.8 Å². The third kappa shape index (κ3) is 3.20. The maximum atomic E-state index is 6.25. The van der Waals surface area contributed by atoms with Crippen LogP contribution in [-0.2, 0) is 13.1 Å². The summed E-state index contributed by atoms with van der Waals surface area (Å²) >= 11 is 7.08. The van der Waals surface area contributed by atoms with Crippen molar-refractivity contribution in [1.29, 1.82) is 0 Å². The molecule has 8 nitrogen and oxygen atoms in total. The lowest BCUT2D eigenvalue weighted by atomic mass is 9.75. The van der Waals surface area contributed by atoms with Crippen molar-refractivity contribution in [2.45, 2.75) is 63.8 Å². The zero-order chi connectivity index (χ0) is 23.2. The number of rotatable bonds is 0. The molecule has 34 heavy (non-hydrogen) atoms. The van der Waals surface area contributed by atoms with E-state index in [1.807, 2.05) is 6.92 Å². The van der Waals surface area contributed by atoms with Crippen LogP contribution in [0.5, 0.6) is 12.0 Å². The largest absolute Gasteiger partial charge is 0.454 e. The van der Waals surface area contributed by atoms with Gasteiger partial charge in [0.15, 0.2) is 0 Å². The van der Waals surface area contributed by atoms with Crippen LogP contribution < -0.4 is 9.47 Å². The number of hydrogen-bond donors (Lipinski definition) is 0. The molecule has 0 amide bonds. The predicted octanol–water partition coefficient (Wildman–Crippen LogP) is 3.62. The van der Waals surface area contributed by atoms with E-state index in [1.165, 1.54) is 57.6 Å². The van der Waals surface area contributed by atoms with E-state index >= 15 is 0 Å². The molecule has 184 valence electrons. The molecule has 2 atom stereocenters. The van der Waals surface area contributed by atoms with E-state index in [0.717, 1.165) is 53.1 Å². The van der Waals surface area contributed by atoms with Crippen LogP contribution in [0, 0.1) is 25.7 Å². The van der Waals surface area contributed by atoms with Gasteiger partial charge in [-0.2, -0.15) is 9.97 Å². The van der Waals surface area contributed by atoms with Crippen LogP contribution in [0.2, 0.25) is 0 Å². The first-order valence-electron chi connectivity index (χ1n) is 12.6. The average molecular weight is 596 g/mol. The summed E-state index contributed by atoms with van der Waals surface area (Å²) < 4.78 is 18.9. The molecule has 2 spiro atoms. The first-order valence-corrected chi connectivity index (χ1v) is 14.2. The highest BCUT2D eigenvalue weighted by Gasteiger charge is 2.54. The van der Waals surface area contributed by atoms with Gasteiger partial charge in [0.05, 0.1) is 24.5 Å². The number of aryl methyl sites for hydroxylation is 1. The fourth-order valence-corrected chi connectivity index (χ4v) is 8.02. The molecule has 0 radical (unpaired) electrons. The molecule has 0 aromatic carbocycles. The van der Waals surface area contributed by atoms with Crippen LogP contribution in [0.3, 0.4) is 0 Å². The summed E-state index contributed by atoms with van der Waals surface area (Å²) in [6, 6.07) is 1.62. The average Bonchev–Trinajstić information content (AvgIpc) is 3.51. The number of nitrogens with zero attached hydrogens (tertiary/aromatic N) is 6. The summed E-state index contributed by atoms with van der Waals surface area (Å²) in [5.74, 6) is 1.42. The maximum Gasteiger partial charge on any atom is 0.298 e. The summed E-state index contributed by atoms with van der Waals surface area (Å²) in [7, 11) is 0. The third-order valence-electron chi connectivity index (χ3n) is 9.24. The minimum atomic E-state index is 0.00898. The molecule has 10 heteroatoms. The minimum Gasteiger partial charge on any atom is -0.454 e. The van der Waals surface area contributed by atoms with Crippen LogP contribution in [0.25, 0.3) is 0 Å². The smallest absolute Gasteiger partial charge is 0.298 e. The van der Waals surface area contributed by atoms with E-state index in [0.29, 0.717) is 11.8 Å². The van der Waals surface area contributed by atoms with Crippen LogP contribution in [0.4, 0.5) is 0 Å². The second-order valence-corrected chi connectivity index (χ2v) is 12.7. The van der Waals surface area contributed by atoms with Gasteiger partial charge in [-0.3, -0.25) is 18.9 Å². The lowest BCUT2D eigenvalue weighted by Crippen LogP contribution is -2.61. The minimum absolute atomic E-state index is 0.00898. The Bertz CT molecular complexity index is 1040. The fourth-order valence-electron chi connectivity index (χ4n) is 7.29. The number of ether oxygens (including phenoxy) is 2. The Labute approximate surface area is 217 Å². The molecular formula is C24H32Br2N6O2. The molecule has 8 aliphatic heterocycles. The molecular weight excluding hydrogens is 564 g/mol. The van der Waals surface area contributed by atoms with Gasteiger partial charge in [0, 0.05) is 24.9 Å². The van der Waals surface area contributed by atoms with Crippen molar-refractivity contribution >= 4 is 31.9 Å². The highest BCUT2D eigenvalue weighted by molar-refractivity contribution is 9.10. The van der Waals surface area contributed by atoms with Crippen LogP contribution in [-0.4, -0.2) is 79.4 Å². The van der Waals surface area contributed by atoms with Gasteiger partial charge in [-0.1, -0.05) is 0 Å². The normalized spacial score (nSPS) is 38.5. The van der Waals surface area contributed by atoms with Crippen molar-refractivity contribution in [3.8, 4) is 12.0 Å². The summed E-state index contributed by atoms with van der Waals surface area (Å²) in [4.78, 5) is 14.0. The maximum absolute atomic E-state index is 6.25. The van der Waals surface area contributed by atoms with Gasteiger partial charge in [0.25, 0.3) is 12.0 Å². The van der Waals surface area contributed by atoms with Crippen LogP contribution >= 0.6 is 31.9 Å². The van der Waals surface area contributed by atoms with Crippen molar-refractivity contribution < 1.29 is 9.47 Å². The first kappa shape index (κ1) is 22.1. The van der Waals surface area contributed by atoms with Crippen molar-refractivity contribution in [3.05, 3.63) is 20.6 Å². The van der Waals surface area contributed by atoms with E-state index < -0.39 is 0 Å². The lowest BCUT2D eigenvalue weighted by Gasteiger charge is -2.50. The number of hydrogen-bond acceptors (Lipinski definition) is 6. The molecule has 0 saturated carbocycles. The summed E-state index contributed by atoms with van der Waals surface area (Å²) in [5.41, 5.74) is 2.24. The molecule has 2 unspecified atom stereocenters. The highest BCUT2D eigenvalue weighted by Crippen LogP contribution is 2.46. The van der Waals surface area contributed by atoms with E-state index in [4.69, 9.17) is 9.47 Å². The highest BCUT2D eigenvalue weighted by atomic mass is 79.9. The number of fused-ring (bicyclic) bond motifs is 6. The Morgan fingerprint density at radius 2 is 1.24 bits per heavy atom. The fraction of sp³-hybridized carbons (Fsp3) is 0.750. The van der Waals surface area contributed by atoms with E-state index in [2.05, 4.69) is 67.7 Å². The molecule has 6 fully saturated rings. The van der Waals surface area contributed by atoms with Gasteiger partial charge in [-0.25, -0.2) is 0 Å². The molecule has 4 bridgehead atoms. The summed E-state index contributed by atoms with van der Waals surface area (Å²) in [6.45, 7) is 13.2. The van der Waals surface area contributed by atoms with Crippen LogP contribution in [0.1, 0.15) is 37.1 Å². The van der Waals surface area contributed by atoms with Crippen molar-refractivity contribution in [1.82, 2.24) is 28.9 Å². The molecule has 0 N–H and O–H groups in total. The van der Waals surface area contributed by atoms with Crippen molar-refractivity contribution in [3.63, 3.8) is 0 Å². The molecule has 0 aliphatic carbocycles. The molecule has 10 heterocycles. The van der Waals surface area contributed by atoms with Gasteiger partial charge >= 0.3 is 0 Å². The Balaban J connectivity index is 0.000000118. The number of piperidine rings is 6.